The summed E-state index contributed by atoms with van der Waals surface area (Å²) >= 11 is 0. The molecule has 0 amide bonds. The molecular formula is C10H12N2O. The summed E-state index contributed by atoms with van der Waals surface area (Å²) in [5.41, 5.74) is 3.23. The molecule has 0 radical (unpaired) electrons. The molecule has 13 heavy (non-hydrogen) atoms. The lowest BCUT2D eigenvalue weighted by molar-refractivity contribution is 0.418. The summed E-state index contributed by atoms with van der Waals surface area (Å²) < 4.78 is 5.21. The number of aromatic amines is 1. The number of rotatable bonds is 2. The standard InChI is InChI=1S/C10H12N2O/c1-3-7-6-12-10-8(13-2)4-5-11-9(7)10/h4-6,12H,3H2,1-2H3. The molecule has 1 N–H and O–H groups in total. The molecule has 0 saturated carbocycles. The number of H-pyrrole nitrogens is 1. The zero-order chi connectivity index (χ0) is 9.26. The summed E-state index contributed by atoms with van der Waals surface area (Å²) in [6.45, 7) is 2.11. The molecule has 0 fully saturated rings. The Balaban J connectivity index is 2.72. The maximum atomic E-state index is 5.21. The fourth-order valence-electron chi connectivity index (χ4n) is 1.49. The van der Waals surface area contributed by atoms with Crippen LogP contribution in [0, 0.1) is 0 Å². The van der Waals surface area contributed by atoms with Crippen LogP contribution in [0.2, 0.25) is 0 Å². The molecule has 0 spiro atoms. The van der Waals surface area contributed by atoms with Gasteiger partial charge in [0.15, 0.2) is 0 Å². The highest BCUT2D eigenvalue weighted by atomic mass is 16.5. The number of aryl methyl sites for hydroxylation is 1. The minimum Gasteiger partial charge on any atom is -0.494 e. The summed E-state index contributed by atoms with van der Waals surface area (Å²) in [6, 6.07) is 1.86. The van der Waals surface area contributed by atoms with Gasteiger partial charge in [0, 0.05) is 18.5 Å². The molecule has 2 aromatic heterocycles. The van der Waals surface area contributed by atoms with Gasteiger partial charge in [0.25, 0.3) is 0 Å². The third-order valence-corrected chi connectivity index (χ3v) is 2.21. The van der Waals surface area contributed by atoms with Crippen LogP contribution in [0.4, 0.5) is 0 Å². The van der Waals surface area contributed by atoms with Crippen molar-refractivity contribution in [2.24, 2.45) is 0 Å². The molecule has 0 aliphatic heterocycles. The molecule has 0 atom stereocenters. The van der Waals surface area contributed by atoms with Crippen molar-refractivity contribution in [2.75, 3.05) is 7.11 Å². The first kappa shape index (κ1) is 8.10. The Morgan fingerprint density at radius 3 is 3.08 bits per heavy atom. The molecule has 3 heteroatoms. The van der Waals surface area contributed by atoms with Crippen molar-refractivity contribution in [3.05, 3.63) is 24.0 Å². The highest BCUT2D eigenvalue weighted by Crippen LogP contribution is 2.24. The number of fused-ring (bicyclic) bond motifs is 1. The van der Waals surface area contributed by atoms with Crippen LogP contribution < -0.4 is 4.74 Å². The van der Waals surface area contributed by atoms with Crippen LogP contribution in [-0.2, 0) is 6.42 Å². The average molecular weight is 176 g/mol. The smallest absolute Gasteiger partial charge is 0.146 e. The summed E-state index contributed by atoms with van der Waals surface area (Å²) in [7, 11) is 1.67. The zero-order valence-electron chi connectivity index (χ0n) is 7.79. The lowest BCUT2D eigenvalue weighted by Crippen LogP contribution is -1.86. The predicted molar refractivity (Wildman–Crippen MR) is 52.0 cm³/mol. The number of ether oxygens (including phenoxy) is 1. The van der Waals surface area contributed by atoms with Crippen molar-refractivity contribution < 1.29 is 4.74 Å². The van der Waals surface area contributed by atoms with Gasteiger partial charge in [-0.1, -0.05) is 6.92 Å². The summed E-state index contributed by atoms with van der Waals surface area (Å²) in [5.74, 6) is 0.852. The Morgan fingerprint density at radius 1 is 1.54 bits per heavy atom. The van der Waals surface area contributed by atoms with Gasteiger partial charge in [-0.05, 0) is 12.0 Å². The van der Waals surface area contributed by atoms with Gasteiger partial charge in [-0.3, -0.25) is 4.98 Å². The highest BCUT2D eigenvalue weighted by molar-refractivity contribution is 5.84. The van der Waals surface area contributed by atoms with Crippen molar-refractivity contribution >= 4 is 11.0 Å². The maximum absolute atomic E-state index is 5.21. The number of hydrogen-bond donors (Lipinski definition) is 1. The molecule has 0 unspecified atom stereocenters. The molecular weight excluding hydrogens is 164 g/mol. The minimum absolute atomic E-state index is 0.852. The number of methoxy groups -OCH3 is 1. The molecule has 68 valence electrons. The highest BCUT2D eigenvalue weighted by Gasteiger charge is 2.06. The SMILES string of the molecule is CCc1c[nH]c2c(OC)ccnc12. The second-order valence-electron chi connectivity index (χ2n) is 2.90. The fourth-order valence-corrected chi connectivity index (χ4v) is 1.49. The van der Waals surface area contributed by atoms with E-state index in [1.807, 2.05) is 12.3 Å². The average Bonchev–Trinajstić information content (AvgIpc) is 2.60. The number of hydrogen-bond acceptors (Lipinski definition) is 2. The Morgan fingerprint density at radius 2 is 2.38 bits per heavy atom. The van der Waals surface area contributed by atoms with Gasteiger partial charge in [0.05, 0.1) is 12.6 Å². The van der Waals surface area contributed by atoms with E-state index in [9.17, 15) is 0 Å². The van der Waals surface area contributed by atoms with Crippen LogP contribution in [0.25, 0.3) is 11.0 Å². The summed E-state index contributed by atoms with van der Waals surface area (Å²) in [6.07, 6.45) is 4.74. The largest absolute Gasteiger partial charge is 0.494 e. The normalized spacial score (nSPS) is 10.6. The fraction of sp³-hybridized carbons (Fsp3) is 0.300. The first-order valence-corrected chi connectivity index (χ1v) is 4.35. The van der Waals surface area contributed by atoms with Crippen LogP contribution in [0.3, 0.4) is 0 Å². The van der Waals surface area contributed by atoms with E-state index in [0.717, 1.165) is 23.2 Å². The van der Waals surface area contributed by atoms with Crippen LogP contribution in [-0.4, -0.2) is 17.1 Å². The Bertz CT molecular complexity index is 420. The van der Waals surface area contributed by atoms with E-state index in [1.54, 1.807) is 13.3 Å². The second kappa shape index (κ2) is 3.09. The first-order chi connectivity index (χ1) is 6.36. The van der Waals surface area contributed by atoms with Gasteiger partial charge in [-0.15, -0.1) is 0 Å². The third-order valence-electron chi connectivity index (χ3n) is 2.21. The molecule has 3 nitrogen and oxygen atoms in total. The third kappa shape index (κ3) is 1.16. The van der Waals surface area contributed by atoms with E-state index >= 15 is 0 Å². The van der Waals surface area contributed by atoms with Crippen molar-refractivity contribution in [3.8, 4) is 5.75 Å². The molecule has 2 rings (SSSR count). The van der Waals surface area contributed by atoms with E-state index < -0.39 is 0 Å². The van der Waals surface area contributed by atoms with Crippen molar-refractivity contribution in [3.63, 3.8) is 0 Å². The van der Waals surface area contributed by atoms with E-state index in [0.29, 0.717) is 0 Å². The monoisotopic (exact) mass is 176 g/mol. The zero-order valence-corrected chi connectivity index (χ0v) is 7.79. The van der Waals surface area contributed by atoms with Crippen molar-refractivity contribution in [1.82, 2.24) is 9.97 Å². The molecule has 2 aromatic rings. The van der Waals surface area contributed by atoms with Crippen molar-refractivity contribution in [1.29, 1.82) is 0 Å². The number of pyridine rings is 1. The Labute approximate surface area is 76.8 Å². The van der Waals surface area contributed by atoms with Crippen LogP contribution in [0.1, 0.15) is 12.5 Å². The lowest BCUT2D eigenvalue weighted by Gasteiger charge is -1.99. The van der Waals surface area contributed by atoms with Gasteiger partial charge in [0.1, 0.15) is 11.3 Å². The summed E-state index contributed by atoms with van der Waals surface area (Å²) in [5, 5.41) is 0. The van der Waals surface area contributed by atoms with E-state index in [1.165, 1.54) is 5.56 Å². The Kier molecular flexibility index (Phi) is 1.93. The maximum Gasteiger partial charge on any atom is 0.146 e. The molecule has 0 aliphatic rings. The van der Waals surface area contributed by atoms with Gasteiger partial charge >= 0.3 is 0 Å². The first-order valence-electron chi connectivity index (χ1n) is 4.35. The number of nitrogens with one attached hydrogen (secondary N) is 1. The minimum atomic E-state index is 0.852. The van der Waals surface area contributed by atoms with Gasteiger partial charge in [-0.2, -0.15) is 0 Å². The number of nitrogens with zero attached hydrogens (tertiary/aromatic N) is 1. The lowest BCUT2D eigenvalue weighted by atomic mass is 10.2. The molecule has 2 heterocycles. The van der Waals surface area contributed by atoms with Gasteiger partial charge in [0.2, 0.25) is 0 Å². The van der Waals surface area contributed by atoms with E-state index in [-0.39, 0.29) is 0 Å². The predicted octanol–water partition coefficient (Wildman–Crippen LogP) is 2.13. The topological polar surface area (TPSA) is 37.9 Å². The Hall–Kier alpha value is -1.51. The second-order valence-corrected chi connectivity index (χ2v) is 2.90. The van der Waals surface area contributed by atoms with Gasteiger partial charge < -0.3 is 9.72 Å². The summed E-state index contributed by atoms with van der Waals surface area (Å²) in [4.78, 5) is 7.48. The van der Waals surface area contributed by atoms with Crippen molar-refractivity contribution in [2.45, 2.75) is 13.3 Å². The van der Waals surface area contributed by atoms with Crippen LogP contribution in [0.5, 0.6) is 5.75 Å². The molecule has 0 saturated heterocycles. The quantitative estimate of drug-likeness (QED) is 0.761. The van der Waals surface area contributed by atoms with Gasteiger partial charge in [-0.25, -0.2) is 0 Å². The molecule has 0 bridgehead atoms. The van der Waals surface area contributed by atoms with Crippen LogP contribution in [0.15, 0.2) is 18.5 Å². The number of aromatic nitrogens is 2. The van der Waals surface area contributed by atoms with E-state index in [2.05, 4.69) is 16.9 Å². The van der Waals surface area contributed by atoms with Crippen LogP contribution >= 0.6 is 0 Å². The molecule has 0 aromatic carbocycles. The molecule has 0 aliphatic carbocycles. The van der Waals surface area contributed by atoms with E-state index in [4.69, 9.17) is 4.74 Å².